The molecule has 1 unspecified atom stereocenters. The van der Waals surface area contributed by atoms with Crippen LogP contribution < -0.4 is 0 Å². The Kier molecular flexibility index (Phi) is 5.10. The molecule has 6 rings (SSSR count). The first-order valence-corrected chi connectivity index (χ1v) is 12.2. The molecule has 174 valence electrons. The molecule has 0 aromatic carbocycles. The second-order valence-corrected chi connectivity index (χ2v) is 9.90. The molecule has 1 aromatic heterocycles. The highest BCUT2D eigenvalue weighted by atomic mass is 16.5. The first-order valence-electron chi connectivity index (χ1n) is 12.2. The van der Waals surface area contributed by atoms with E-state index in [0.717, 1.165) is 75.1 Å². The van der Waals surface area contributed by atoms with Gasteiger partial charge in [0.05, 0.1) is 40.7 Å². The number of amides is 2. The predicted octanol–water partition coefficient (Wildman–Crippen LogP) is 2.96. The number of carbonyl (C=O) groups excluding carboxylic acids is 2. The lowest BCUT2D eigenvalue weighted by Crippen LogP contribution is -2.48. The van der Waals surface area contributed by atoms with E-state index >= 15 is 0 Å². The molecule has 3 saturated heterocycles. The van der Waals surface area contributed by atoms with Crippen molar-refractivity contribution in [2.24, 2.45) is 10.9 Å². The number of ether oxygens (including phenoxy) is 2. The number of likely N-dealkylation sites (tertiary alicyclic amines) is 1. The van der Waals surface area contributed by atoms with Crippen molar-refractivity contribution in [3.8, 4) is 0 Å². The van der Waals surface area contributed by atoms with Gasteiger partial charge in [-0.15, -0.1) is 0 Å². The Morgan fingerprint density at radius 2 is 1.94 bits per heavy atom. The van der Waals surface area contributed by atoms with Gasteiger partial charge in [-0.3, -0.25) is 14.3 Å². The quantitative estimate of drug-likeness (QED) is 0.692. The summed E-state index contributed by atoms with van der Waals surface area (Å²) in [5.74, 6) is -0.488. The van der Waals surface area contributed by atoms with Crippen LogP contribution in [0.3, 0.4) is 0 Å². The third-order valence-electron chi connectivity index (χ3n) is 7.94. The number of fused-ring (bicyclic) bond motifs is 3. The highest BCUT2D eigenvalue weighted by Crippen LogP contribution is 2.39. The molecule has 0 bridgehead atoms. The third-order valence-corrected chi connectivity index (χ3v) is 7.94. The lowest BCUT2D eigenvalue weighted by atomic mass is 9.83. The smallest absolute Gasteiger partial charge is 0.281 e. The van der Waals surface area contributed by atoms with Gasteiger partial charge in [-0.2, -0.15) is 5.10 Å². The third kappa shape index (κ3) is 3.51. The normalized spacial score (nSPS) is 27.1. The number of rotatable bonds is 2. The molecule has 1 atom stereocenters. The Hall–Kier alpha value is -2.58. The standard InChI is InChI=1S/C25H30N4O4/c1-16-13-21-19(14-18(16)24(31)28-8-6-25(7-9-28)5-2-10-33-25)22-20(23(30)27-21)15-26-29(22)17-3-11-32-12-4-17/h13-15,17-18H,2-12H2,1H3. The van der Waals surface area contributed by atoms with Gasteiger partial charge < -0.3 is 14.4 Å². The molecule has 1 spiro atoms. The van der Waals surface area contributed by atoms with Crippen LogP contribution in [0.25, 0.3) is 5.57 Å². The molecular formula is C25H30N4O4. The van der Waals surface area contributed by atoms with Gasteiger partial charge in [0, 0.05) is 38.5 Å². The maximum Gasteiger partial charge on any atom is 0.281 e. The predicted molar refractivity (Wildman–Crippen MR) is 122 cm³/mol. The summed E-state index contributed by atoms with van der Waals surface area (Å²) in [6.07, 6.45) is 11.3. The molecule has 8 nitrogen and oxygen atoms in total. The minimum atomic E-state index is -0.350. The van der Waals surface area contributed by atoms with Crippen LogP contribution in [0.15, 0.2) is 28.9 Å². The summed E-state index contributed by atoms with van der Waals surface area (Å²) in [7, 11) is 0. The van der Waals surface area contributed by atoms with Crippen molar-refractivity contribution in [2.45, 2.75) is 57.1 Å². The van der Waals surface area contributed by atoms with E-state index in [1.165, 1.54) is 0 Å². The molecule has 33 heavy (non-hydrogen) atoms. The second kappa shape index (κ2) is 8.02. The largest absolute Gasteiger partial charge is 0.381 e. The first kappa shape index (κ1) is 21.0. The van der Waals surface area contributed by atoms with Crippen molar-refractivity contribution in [1.82, 2.24) is 14.7 Å². The zero-order valence-electron chi connectivity index (χ0n) is 19.1. The van der Waals surface area contributed by atoms with E-state index in [1.807, 2.05) is 28.7 Å². The summed E-state index contributed by atoms with van der Waals surface area (Å²) in [6, 6.07) is 0.182. The van der Waals surface area contributed by atoms with E-state index in [1.54, 1.807) is 6.20 Å². The van der Waals surface area contributed by atoms with Crippen LogP contribution in [-0.2, 0) is 14.3 Å². The van der Waals surface area contributed by atoms with Crippen molar-refractivity contribution in [3.63, 3.8) is 0 Å². The van der Waals surface area contributed by atoms with Crippen LogP contribution in [0.2, 0.25) is 0 Å². The molecular weight excluding hydrogens is 420 g/mol. The van der Waals surface area contributed by atoms with Gasteiger partial charge in [0.2, 0.25) is 5.91 Å². The number of nitrogens with zero attached hydrogens (tertiary/aromatic N) is 4. The van der Waals surface area contributed by atoms with Crippen molar-refractivity contribution in [3.05, 3.63) is 35.2 Å². The van der Waals surface area contributed by atoms with E-state index in [-0.39, 0.29) is 29.4 Å². The zero-order chi connectivity index (χ0) is 22.6. The van der Waals surface area contributed by atoms with E-state index in [2.05, 4.69) is 10.1 Å². The Morgan fingerprint density at radius 1 is 1.15 bits per heavy atom. The Bertz CT molecular complexity index is 1080. The van der Waals surface area contributed by atoms with E-state index < -0.39 is 0 Å². The highest BCUT2D eigenvalue weighted by Gasteiger charge is 2.41. The van der Waals surface area contributed by atoms with Crippen molar-refractivity contribution in [1.29, 1.82) is 0 Å². The number of allylic oxidation sites excluding steroid dienone is 2. The summed E-state index contributed by atoms with van der Waals surface area (Å²) >= 11 is 0. The van der Waals surface area contributed by atoms with Gasteiger partial charge in [0.15, 0.2) is 0 Å². The second-order valence-electron chi connectivity index (χ2n) is 9.90. The molecule has 4 aliphatic heterocycles. The maximum absolute atomic E-state index is 13.6. The lowest BCUT2D eigenvalue weighted by Gasteiger charge is -2.40. The Balaban J connectivity index is 1.30. The topological polar surface area (TPSA) is 86.0 Å². The number of aliphatic imine (C=N–C) groups is 1. The number of hydrogen-bond acceptors (Lipinski definition) is 5. The fourth-order valence-electron chi connectivity index (χ4n) is 5.97. The van der Waals surface area contributed by atoms with Gasteiger partial charge in [-0.25, -0.2) is 4.99 Å². The molecule has 0 N–H and O–H groups in total. The van der Waals surface area contributed by atoms with Crippen molar-refractivity contribution < 1.29 is 19.1 Å². The van der Waals surface area contributed by atoms with Gasteiger partial charge in [-0.05, 0) is 51.5 Å². The fraction of sp³-hybridized carbons (Fsp3) is 0.600. The number of hydrogen-bond donors (Lipinski definition) is 0. The van der Waals surface area contributed by atoms with Crippen LogP contribution in [0.5, 0.6) is 0 Å². The molecule has 1 aliphatic carbocycles. The van der Waals surface area contributed by atoms with Gasteiger partial charge in [0.25, 0.3) is 5.91 Å². The van der Waals surface area contributed by atoms with Crippen LogP contribution in [0.1, 0.15) is 67.5 Å². The zero-order valence-corrected chi connectivity index (χ0v) is 19.1. The van der Waals surface area contributed by atoms with E-state index in [9.17, 15) is 9.59 Å². The van der Waals surface area contributed by atoms with Gasteiger partial charge >= 0.3 is 0 Å². The highest BCUT2D eigenvalue weighted by molar-refractivity contribution is 6.36. The molecule has 1 aromatic rings. The van der Waals surface area contributed by atoms with Crippen molar-refractivity contribution >= 4 is 23.1 Å². The lowest BCUT2D eigenvalue weighted by molar-refractivity contribution is -0.137. The summed E-state index contributed by atoms with van der Waals surface area (Å²) < 4.78 is 13.5. The Labute approximate surface area is 193 Å². The average molecular weight is 451 g/mol. The average Bonchev–Trinajstić information content (AvgIpc) is 3.48. The summed E-state index contributed by atoms with van der Waals surface area (Å²) in [5, 5.41) is 4.58. The molecule has 3 fully saturated rings. The van der Waals surface area contributed by atoms with E-state index in [4.69, 9.17) is 9.47 Å². The molecule has 5 aliphatic rings. The van der Waals surface area contributed by atoms with Gasteiger partial charge in [-0.1, -0.05) is 11.6 Å². The maximum atomic E-state index is 13.6. The van der Waals surface area contributed by atoms with Crippen LogP contribution in [0, 0.1) is 5.92 Å². The van der Waals surface area contributed by atoms with Gasteiger partial charge in [0.1, 0.15) is 0 Å². The number of carbonyl (C=O) groups is 2. The van der Waals surface area contributed by atoms with E-state index in [0.29, 0.717) is 24.5 Å². The van der Waals surface area contributed by atoms with Crippen LogP contribution in [-0.4, -0.2) is 70.7 Å². The monoisotopic (exact) mass is 450 g/mol. The molecule has 0 radical (unpaired) electrons. The van der Waals surface area contributed by atoms with Crippen LogP contribution in [0.4, 0.5) is 0 Å². The molecule has 0 saturated carbocycles. The SMILES string of the molecule is CC1=CC2=NC(=O)c3cnn(C4CCOCC4)c3C2=CC1C(=O)N1CCC2(CCCO2)CC1. The Morgan fingerprint density at radius 3 is 2.67 bits per heavy atom. The molecule has 2 amide bonds. The van der Waals surface area contributed by atoms with Crippen LogP contribution >= 0.6 is 0 Å². The minimum absolute atomic E-state index is 0.0125. The summed E-state index contributed by atoms with van der Waals surface area (Å²) in [6.45, 7) is 5.64. The first-order chi connectivity index (χ1) is 16.0. The fourth-order valence-corrected chi connectivity index (χ4v) is 5.97. The molecule has 5 heterocycles. The number of piperidine rings is 1. The minimum Gasteiger partial charge on any atom is -0.381 e. The summed E-state index contributed by atoms with van der Waals surface area (Å²) in [4.78, 5) is 32.6. The van der Waals surface area contributed by atoms with Crippen molar-refractivity contribution in [2.75, 3.05) is 32.9 Å². The number of aromatic nitrogens is 2. The summed E-state index contributed by atoms with van der Waals surface area (Å²) in [5.41, 5.74) is 3.73. The molecule has 8 heteroatoms.